The van der Waals surface area contributed by atoms with Crippen molar-refractivity contribution in [2.75, 3.05) is 32.7 Å². The first-order valence-electron chi connectivity index (χ1n) is 16.9. The van der Waals surface area contributed by atoms with Crippen molar-refractivity contribution in [2.45, 2.75) is 123 Å². The Morgan fingerprint density at radius 3 is 2.41 bits per heavy atom. The topological polar surface area (TPSA) is 80.6 Å². The van der Waals surface area contributed by atoms with Crippen molar-refractivity contribution < 1.29 is 20.3 Å². The van der Waals surface area contributed by atoms with Crippen LogP contribution in [-0.4, -0.2) is 77.0 Å². The van der Waals surface area contributed by atoms with Crippen molar-refractivity contribution in [3.8, 4) is 0 Å². The van der Waals surface area contributed by atoms with Gasteiger partial charge in [-0.2, -0.15) is 0 Å². The van der Waals surface area contributed by atoms with Crippen LogP contribution in [0.5, 0.6) is 0 Å². The number of nitrogens with zero attached hydrogens (tertiary/aromatic N) is 2. The molecule has 6 aliphatic rings. The predicted molar refractivity (Wildman–Crippen MR) is 154 cm³/mol. The van der Waals surface area contributed by atoms with Crippen LogP contribution in [0.1, 0.15) is 104 Å². The van der Waals surface area contributed by atoms with E-state index in [2.05, 4.69) is 35.9 Å². The molecule has 6 heteroatoms. The van der Waals surface area contributed by atoms with Gasteiger partial charge in [0.1, 0.15) is 6.17 Å². The van der Waals surface area contributed by atoms with E-state index < -0.39 is 0 Å². The second-order valence-corrected chi connectivity index (χ2v) is 15.5. The third-order valence-corrected chi connectivity index (χ3v) is 13.8. The minimum absolute atomic E-state index is 0.167. The molecule has 2 saturated heterocycles. The molecule has 11 atom stereocenters. The minimum atomic E-state index is -0.205. The third kappa shape index (κ3) is 5.12. The number of quaternary nitrogens is 1. The van der Waals surface area contributed by atoms with Gasteiger partial charge in [0.2, 0.25) is 5.91 Å². The highest BCUT2D eigenvalue weighted by atomic mass is 16.3. The average Bonchev–Trinajstić information content (AvgIpc) is 3.30. The number of amides is 1. The molecule has 0 bridgehead atoms. The van der Waals surface area contributed by atoms with Crippen molar-refractivity contribution in [1.82, 2.24) is 9.80 Å². The second-order valence-electron chi connectivity index (χ2n) is 15.5. The van der Waals surface area contributed by atoms with E-state index in [1.165, 1.54) is 51.5 Å². The van der Waals surface area contributed by atoms with Gasteiger partial charge < -0.3 is 20.4 Å². The largest absolute Gasteiger partial charge is 0.393 e. The molecule has 2 aliphatic heterocycles. The maximum atomic E-state index is 13.2. The normalized spacial score (nSPS) is 47.7. The van der Waals surface area contributed by atoms with Crippen molar-refractivity contribution in [3.63, 3.8) is 0 Å². The number of hydrogen-bond donors (Lipinski definition) is 3. The third-order valence-electron chi connectivity index (χ3n) is 13.8. The van der Waals surface area contributed by atoms with E-state index in [1.807, 2.05) is 0 Å². The number of piperazine rings is 1. The summed E-state index contributed by atoms with van der Waals surface area (Å²) in [5, 5.41) is 24.4. The van der Waals surface area contributed by atoms with Crippen LogP contribution in [0.3, 0.4) is 0 Å². The molecule has 6 nitrogen and oxygen atoms in total. The lowest BCUT2D eigenvalue weighted by molar-refractivity contribution is -0.717. The summed E-state index contributed by atoms with van der Waals surface area (Å²) in [4.78, 5) is 18.0. The molecule has 0 aromatic rings. The maximum Gasteiger partial charge on any atom is 0.222 e. The predicted octanol–water partition coefficient (Wildman–Crippen LogP) is 3.61. The van der Waals surface area contributed by atoms with Crippen LogP contribution in [0.2, 0.25) is 0 Å². The molecule has 39 heavy (non-hydrogen) atoms. The van der Waals surface area contributed by atoms with Gasteiger partial charge in [0.25, 0.3) is 0 Å². The molecule has 1 unspecified atom stereocenters. The second kappa shape index (κ2) is 11.2. The fourth-order valence-electron chi connectivity index (χ4n) is 11.4. The van der Waals surface area contributed by atoms with Gasteiger partial charge in [-0.15, -0.1) is 0 Å². The molecule has 0 spiro atoms. The summed E-state index contributed by atoms with van der Waals surface area (Å²) < 4.78 is 0. The van der Waals surface area contributed by atoms with Gasteiger partial charge in [0.05, 0.1) is 18.8 Å². The first-order valence-corrected chi connectivity index (χ1v) is 16.9. The van der Waals surface area contributed by atoms with E-state index in [-0.39, 0.29) is 12.2 Å². The van der Waals surface area contributed by atoms with Crippen LogP contribution < -0.4 is 5.32 Å². The highest BCUT2D eigenvalue weighted by Gasteiger charge is 2.62. The first-order chi connectivity index (χ1) is 18.7. The molecule has 2 heterocycles. The summed E-state index contributed by atoms with van der Waals surface area (Å²) in [6.07, 6.45) is 14.9. The quantitative estimate of drug-likeness (QED) is 0.494. The van der Waals surface area contributed by atoms with Crippen LogP contribution in [-0.2, 0) is 4.79 Å². The first kappa shape index (κ1) is 28.4. The van der Waals surface area contributed by atoms with Gasteiger partial charge in [0, 0.05) is 39.0 Å². The van der Waals surface area contributed by atoms with E-state index in [0.717, 1.165) is 58.3 Å². The number of aliphatic hydroxyl groups is 2. The number of piperidine rings is 1. The Morgan fingerprint density at radius 2 is 1.67 bits per heavy atom. The zero-order valence-corrected chi connectivity index (χ0v) is 25.2. The zero-order chi connectivity index (χ0) is 27.4. The Labute approximate surface area is 237 Å². The van der Waals surface area contributed by atoms with Gasteiger partial charge in [-0.25, -0.2) is 0 Å². The Bertz CT molecular complexity index is 870. The number of carbonyl (C=O) groups is 1. The molecule has 4 N–H and O–H groups in total. The summed E-state index contributed by atoms with van der Waals surface area (Å²) in [7, 11) is 0. The molecule has 0 aromatic carbocycles. The highest BCUT2D eigenvalue weighted by Crippen LogP contribution is 2.68. The Balaban J connectivity index is 1.04. The summed E-state index contributed by atoms with van der Waals surface area (Å²) in [5.74, 6) is 3.73. The lowest BCUT2D eigenvalue weighted by Gasteiger charge is -2.62. The molecule has 0 radical (unpaired) electrons. The van der Waals surface area contributed by atoms with Crippen molar-refractivity contribution >= 4 is 5.91 Å². The number of nitrogens with two attached hydrogens (primary N) is 1. The lowest BCUT2D eigenvalue weighted by Crippen LogP contribution is -2.95. The summed E-state index contributed by atoms with van der Waals surface area (Å²) in [6, 6.07) is 0. The van der Waals surface area contributed by atoms with Crippen LogP contribution in [0.4, 0.5) is 0 Å². The number of fused-ring (bicyclic) bond motifs is 5. The van der Waals surface area contributed by atoms with E-state index in [0.29, 0.717) is 64.8 Å². The van der Waals surface area contributed by atoms with E-state index >= 15 is 0 Å². The van der Waals surface area contributed by atoms with Gasteiger partial charge in [-0.3, -0.25) is 9.69 Å². The molecular formula is C33H58N3O3+. The minimum Gasteiger partial charge on any atom is -0.393 e. The van der Waals surface area contributed by atoms with Crippen LogP contribution in [0.25, 0.3) is 0 Å². The molecule has 1 amide bonds. The van der Waals surface area contributed by atoms with Crippen LogP contribution in [0, 0.1) is 46.3 Å². The van der Waals surface area contributed by atoms with Crippen molar-refractivity contribution in [3.05, 3.63) is 0 Å². The summed E-state index contributed by atoms with van der Waals surface area (Å²) >= 11 is 0. The Kier molecular flexibility index (Phi) is 8.16. The van der Waals surface area contributed by atoms with Gasteiger partial charge >= 0.3 is 0 Å². The summed E-state index contributed by atoms with van der Waals surface area (Å²) in [6.45, 7) is 12.6. The Hall–Kier alpha value is -0.690. The monoisotopic (exact) mass is 544 g/mol. The van der Waals surface area contributed by atoms with Crippen molar-refractivity contribution in [2.24, 2.45) is 46.3 Å². The van der Waals surface area contributed by atoms with Gasteiger partial charge in [-0.05, 0) is 117 Å². The molecular weight excluding hydrogens is 486 g/mol. The zero-order valence-electron chi connectivity index (χ0n) is 25.2. The number of carbonyl (C=O) groups excluding carboxylic acids is 1. The molecule has 4 aliphatic carbocycles. The average molecular weight is 545 g/mol. The Morgan fingerprint density at radius 1 is 0.923 bits per heavy atom. The van der Waals surface area contributed by atoms with E-state index in [4.69, 9.17) is 0 Å². The van der Waals surface area contributed by atoms with Gasteiger partial charge in [0.15, 0.2) is 0 Å². The SMILES string of the molecule is C[C@H](CCC(=O)N1CCN(C2CCCC[NH2+]2)CC1)[C@@H]1CC[C@@H]2[C@H]3[C@@H](CC[C@@]21C)[C@@]1(C)CC[C@@H](O)C[C@@H]1C[C@@H]3O. The maximum absolute atomic E-state index is 13.2. The molecule has 222 valence electrons. The molecule has 4 saturated carbocycles. The lowest BCUT2D eigenvalue weighted by atomic mass is 9.43. The standard InChI is InChI=1S/C33H57N3O3/c1-22(7-10-30(39)36-18-16-35(17-19-36)29-6-4-5-15-34-29)25-8-9-26-31-27(12-14-33(25,26)3)32(2)13-11-24(37)20-23(32)21-28(31)38/h22-29,31,34,37-38H,4-21H2,1-3H3/p+1/t22-,23-,24-,25+,26-,27-,28+,29?,31+,32+,33-/m1/s1. The fraction of sp³-hybridized carbons (Fsp3) is 0.970. The number of rotatable bonds is 5. The molecule has 0 aromatic heterocycles. The number of hydrogen-bond acceptors (Lipinski definition) is 4. The summed E-state index contributed by atoms with van der Waals surface area (Å²) in [5.41, 5.74) is 0.587. The van der Waals surface area contributed by atoms with Crippen LogP contribution in [0.15, 0.2) is 0 Å². The van der Waals surface area contributed by atoms with Crippen LogP contribution >= 0.6 is 0 Å². The number of aliphatic hydroxyl groups excluding tert-OH is 2. The van der Waals surface area contributed by atoms with E-state index in [1.54, 1.807) is 0 Å². The van der Waals surface area contributed by atoms with Gasteiger partial charge in [-0.1, -0.05) is 20.8 Å². The van der Waals surface area contributed by atoms with E-state index in [9.17, 15) is 15.0 Å². The fourth-order valence-corrected chi connectivity index (χ4v) is 11.4. The molecule has 6 rings (SSSR count). The van der Waals surface area contributed by atoms with Crippen molar-refractivity contribution in [1.29, 1.82) is 0 Å². The highest BCUT2D eigenvalue weighted by molar-refractivity contribution is 5.76. The smallest absolute Gasteiger partial charge is 0.222 e. The molecule has 6 fully saturated rings.